The van der Waals surface area contributed by atoms with Crippen molar-refractivity contribution < 1.29 is 9.18 Å². The molecule has 2 aliphatic heterocycles. The number of benzene rings is 1. The van der Waals surface area contributed by atoms with E-state index in [1.165, 1.54) is 6.07 Å². The summed E-state index contributed by atoms with van der Waals surface area (Å²) in [6.07, 6.45) is 3.78. The van der Waals surface area contributed by atoms with E-state index in [2.05, 4.69) is 19.7 Å². The minimum atomic E-state index is -0.302. The van der Waals surface area contributed by atoms with Gasteiger partial charge in [0.1, 0.15) is 23.1 Å². The quantitative estimate of drug-likeness (QED) is 0.435. The monoisotopic (exact) mass is 500 g/mol. The van der Waals surface area contributed by atoms with Crippen LogP contribution in [0.5, 0.6) is 0 Å². The van der Waals surface area contributed by atoms with E-state index in [0.29, 0.717) is 0 Å². The van der Waals surface area contributed by atoms with Crippen molar-refractivity contribution in [1.82, 2.24) is 24.5 Å². The summed E-state index contributed by atoms with van der Waals surface area (Å²) in [6.45, 7) is 4.22. The zero-order chi connectivity index (χ0) is 25.4. The molecule has 2 N–H and O–H groups in total. The first-order valence-corrected chi connectivity index (χ1v) is 12.6. The number of carbonyl (C=O) groups is 1. The van der Waals surface area contributed by atoms with Crippen LogP contribution in [0.3, 0.4) is 0 Å². The number of primary amides is 1. The summed E-state index contributed by atoms with van der Waals surface area (Å²) in [7, 11) is 0. The molecule has 6 rings (SSSR count). The summed E-state index contributed by atoms with van der Waals surface area (Å²) in [6, 6.07) is 16.9. The predicted molar refractivity (Wildman–Crippen MR) is 140 cm³/mol. The first-order chi connectivity index (χ1) is 18.0. The number of amides is 1. The third-order valence-electron chi connectivity index (χ3n) is 7.20. The number of imidazole rings is 1. The Labute approximate surface area is 214 Å². The lowest BCUT2D eigenvalue weighted by Gasteiger charge is -2.34. The topological polar surface area (TPSA) is 95.9 Å². The number of piperazine rings is 1. The van der Waals surface area contributed by atoms with Crippen LogP contribution >= 0.6 is 0 Å². The van der Waals surface area contributed by atoms with Crippen molar-refractivity contribution in [3.8, 4) is 11.4 Å². The molecule has 3 aromatic heterocycles. The van der Waals surface area contributed by atoms with Gasteiger partial charge in [0.25, 0.3) is 0 Å². The molecule has 9 nitrogen and oxygen atoms in total. The maximum atomic E-state index is 13.9. The van der Waals surface area contributed by atoms with Crippen molar-refractivity contribution in [3.05, 3.63) is 72.2 Å². The van der Waals surface area contributed by atoms with Crippen LogP contribution < -0.4 is 15.5 Å². The first-order valence-electron chi connectivity index (χ1n) is 12.6. The van der Waals surface area contributed by atoms with Gasteiger partial charge in [-0.1, -0.05) is 18.2 Å². The van der Waals surface area contributed by atoms with Gasteiger partial charge in [-0.2, -0.15) is 0 Å². The molecular weight excluding hydrogens is 471 g/mol. The SMILES string of the molecule is NC(=O)CN1CCN(c2cccc(-c3cnc4ccc(N5CCC[C@@H]5c5cccc(F)c5)nn34)n2)CC1. The van der Waals surface area contributed by atoms with Crippen molar-refractivity contribution in [1.29, 1.82) is 0 Å². The van der Waals surface area contributed by atoms with Crippen molar-refractivity contribution in [2.75, 3.05) is 49.1 Å². The smallest absolute Gasteiger partial charge is 0.231 e. The highest BCUT2D eigenvalue weighted by atomic mass is 19.1. The van der Waals surface area contributed by atoms with Gasteiger partial charge in [-0.25, -0.2) is 18.9 Å². The van der Waals surface area contributed by atoms with Gasteiger partial charge in [0, 0.05) is 32.7 Å². The third-order valence-corrected chi connectivity index (χ3v) is 7.20. The second-order valence-corrected chi connectivity index (χ2v) is 9.62. The van der Waals surface area contributed by atoms with Crippen LogP contribution in [0.4, 0.5) is 16.0 Å². The molecule has 37 heavy (non-hydrogen) atoms. The molecule has 2 saturated heterocycles. The van der Waals surface area contributed by atoms with E-state index in [1.807, 2.05) is 40.9 Å². The summed E-state index contributed by atoms with van der Waals surface area (Å²) in [5.41, 5.74) is 8.66. The van der Waals surface area contributed by atoms with E-state index in [1.54, 1.807) is 18.3 Å². The Morgan fingerprint density at radius 1 is 1.00 bits per heavy atom. The summed E-state index contributed by atoms with van der Waals surface area (Å²) in [5.74, 6) is 1.20. The van der Waals surface area contributed by atoms with Crippen molar-refractivity contribution in [3.63, 3.8) is 0 Å². The second-order valence-electron chi connectivity index (χ2n) is 9.62. The zero-order valence-corrected chi connectivity index (χ0v) is 20.5. The van der Waals surface area contributed by atoms with Gasteiger partial charge in [0.15, 0.2) is 5.65 Å². The largest absolute Gasteiger partial charge is 0.369 e. The van der Waals surface area contributed by atoms with E-state index in [9.17, 15) is 9.18 Å². The number of halogens is 1. The fourth-order valence-electron chi connectivity index (χ4n) is 5.39. The maximum absolute atomic E-state index is 13.9. The highest BCUT2D eigenvalue weighted by Crippen LogP contribution is 2.35. The number of nitrogens with zero attached hydrogens (tertiary/aromatic N) is 7. The average molecular weight is 501 g/mol. The van der Waals surface area contributed by atoms with E-state index in [0.717, 1.165) is 79.8 Å². The Bertz CT molecular complexity index is 1430. The number of nitrogens with two attached hydrogens (primary N) is 1. The molecule has 1 aromatic carbocycles. The molecule has 1 atom stereocenters. The summed E-state index contributed by atoms with van der Waals surface area (Å²) in [5, 5.41) is 4.95. The molecule has 190 valence electrons. The molecule has 5 heterocycles. The molecule has 1 amide bonds. The Balaban J connectivity index is 1.27. The lowest BCUT2D eigenvalue weighted by molar-refractivity contribution is -0.119. The summed E-state index contributed by atoms with van der Waals surface area (Å²) in [4.78, 5) is 27.3. The number of pyridine rings is 1. The number of carbonyl (C=O) groups excluding carboxylic acids is 1. The summed E-state index contributed by atoms with van der Waals surface area (Å²) >= 11 is 0. The maximum Gasteiger partial charge on any atom is 0.231 e. The minimum Gasteiger partial charge on any atom is -0.369 e. The van der Waals surface area contributed by atoms with Crippen LogP contribution in [0.25, 0.3) is 17.0 Å². The number of fused-ring (bicyclic) bond motifs is 1. The Morgan fingerprint density at radius 2 is 1.84 bits per heavy atom. The molecule has 0 saturated carbocycles. The molecule has 0 bridgehead atoms. The van der Waals surface area contributed by atoms with Crippen LogP contribution in [0.1, 0.15) is 24.4 Å². The van der Waals surface area contributed by atoms with E-state index in [4.69, 9.17) is 15.8 Å². The highest BCUT2D eigenvalue weighted by Gasteiger charge is 2.28. The molecular formula is C27H29FN8O. The zero-order valence-electron chi connectivity index (χ0n) is 20.5. The van der Waals surface area contributed by atoms with Crippen molar-refractivity contribution in [2.45, 2.75) is 18.9 Å². The van der Waals surface area contributed by atoms with Crippen LogP contribution in [-0.4, -0.2) is 69.7 Å². The number of hydrogen-bond donors (Lipinski definition) is 1. The fraction of sp³-hybridized carbons (Fsp3) is 0.333. The van der Waals surface area contributed by atoms with E-state index in [-0.39, 0.29) is 24.3 Å². The van der Waals surface area contributed by atoms with Gasteiger partial charge in [-0.3, -0.25) is 9.69 Å². The number of hydrogen-bond acceptors (Lipinski definition) is 7. The van der Waals surface area contributed by atoms with Crippen LogP contribution in [0.2, 0.25) is 0 Å². The van der Waals surface area contributed by atoms with Gasteiger partial charge < -0.3 is 15.5 Å². The molecule has 0 unspecified atom stereocenters. The first kappa shape index (κ1) is 23.4. The van der Waals surface area contributed by atoms with Crippen LogP contribution in [-0.2, 0) is 4.79 Å². The Kier molecular flexibility index (Phi) is 6.17. The Morgan fingerprint density at radius 3 is 2.65 bits per heavy atom. The molecule has 10 heteroatoms. The second kappa shape index (κ2) is 9.78. The highest BCUT2D eigenvalue weighted by molar-refractivity contribution is 5.76. The van der Waals surface area contributed by atoms with Crippen molar-refractivity contribution in [2.24, 2.45) is 5.73 Å². The number of rotatable bonds is 6. The Hall–Kier alpha value is -4.05. The van der Waals surface area contributed by atoms with Gasteiger partial charge >= 0.3 is 0 Å². The fourth-order valence-corrected chi connectivity index (χ4v) is 5.39. The third kappa shape index (κ3) is 4.72. The average Bonchev–Trinajstić information content (AvgIpc) is 3.56. The standard InChI is InChI=1S/C27H29FN8O/c28-20-5-1-4-19(16-20)22-7-3-11-35(22)27-10-9-25-30-17-23(36(25)32-27)21-6-2-8-26(31-21)34-14-12-33(13-15-34)18-24(29)37/h1-2,4-6,8-10,16-17,22H,3,7,11-15,18H2,(H2,29,37)/t22-/m1/s1. The molecule has 2 fully saturated rings. The molecule has 0 aliphatic carbocycles. The minimum absolute atomic E-state index is 0.0855. The number of anilines is 2. The summed E-state index contributed by atoms with van der Waals surface area (Å²) < 4.78 is 15.8. The lowest BCUT2D eigenvalue weighted by Crippen LogP contribution is -2.49. The van der Waals surface area contributed by atoms with Crippen LogP contribution in [0.15, 0.2) is 60.8 Å². The molecule has 2 aliphatic rings. The van der Waals surface area contributed by atoms with Crippen molar-refractivity contribution >= 4 is 23.2 Å². The van der Waals surface area contributed by atoms with E-state index >= 15 is 0 Å². The van der Waals surface area contributed by atoms with Gasteiger partial charge in [-0.05, 0) is 54.8 Å². The van der Waals surface area contributed by atoms with Gasteiger partial charge in [0.2, 0.25) is 5.91 Å². The predicted octanol–water partition coefficient (Wildman–Crippen LogP) is 2.88. The van der Waals surface area contributed by atoms with Gasteiger partial charge in [-0.15, -0.1) is 5.10 Å². The number of aromatic nitrogens is 4. The molecule has 0 spiro atoms. The van der Waals surface area contributed by atoms with Crippen LogP contribution in [0, 0.1) is 5.82 Å². The lowest BCUT2D eigenvalue weighted by atomic mass is 10.0. The normalized spacial score (nSPS) is 18.6. The van der Waals surface area contributed by atoms with Gasteiger partial charge in [0.05, 0.1) is 24.5 Å². The molecule has 4 aromatic rings. The molecule has 0 radical (unpaired) electrons. The van der Waals surface area contributed by atoms with E-state index < -0.39 is 0 Å².